The number of carbonyl (C=O) groups excluding carboxylic acids is 3. The third kappa shape index (κ3) is 3.91. The molecule has 0 saturated carbocycles. The van der Waals surface area contributed by atoms with Crippen LogP contribution in [0, 0.1) is 5.82 Å². The summed E-state index contributed by atoms with van der Waals surface area (Å²) >= 11 is 0. The highest BCUT2D eigenvalue weighted by Gasteiger charge is 2.51. The summed E-state index contributed by atoms with van der Waals surface area (Å²) in [6.45, 7) is 1.30. The van der Waals surface area contributed by atoms with E-state index in [1.165, 1.54) is 13.2 Å². The van der Waals surface area contributed by atoms with Gasteiger partial charge in [0.15, 0.2) is 0 Å². The molecule has 2 N–H and O–H groups in total. The van der Waals surface area contributed by atoms with Gasteiger partial charge in [-0.3, -0.25) is 14.5 Å². The average Bonchev–Trinajstić information content (AvgIpc) is 2.98. The van der Waals surface area contributed by atoms with E-state index in [1.807, 2.05) is 0 Å². The molecule has 0 aliphatic carbocycles. The van der Waals surface area contributed by atoms with Gasteiger partial charge in [-0.15, -0.1) is 0 Å². The summed E-state index contributed by atoms with van der Waals surface area (Å²) in [4.78, 5) is 38.7. The van der Waals surface area contributed by atoms with Crippen molar-refractivity contribution in [1.29, 1.82) is 0 Å². The van der Waals surface area contributed by atoms with Crippen LogP contribution < -0.4 is 15.4 Å². The molecule has 0 bridgehead atoms. The molecule has 1 aliphatic rings. The molecular formula is C21H22FN3O4. The minimum absolute atomic E-state index is 0.0352. The van der Waals surface area contributed by atoms with Crippen LogP contribution >= 0.6 is 0 Å². The number of ether oxygens (including phenoxy) is 1. The topological polar surface area (TPSA) is 87.7 Å². The maximum Gasteiger partial charge on any atom is 0.325 e. The van der Waals surface area contributed by atoms with Crippen LogP contribution in [-0.2, 0) is 21.7 Å². The molecule has 3 rings (SSSR count). The van der Waals surface area contributed by atoms with Crippen molar-refractivity contribution in [3.05, 3.63) is 65.5 Å². The molecule has 4 amide bonds. The molecule has 7 nitrogen and oxygen atoms in total. The first kappa shape index (κ1) is 20.3. The summed E-state index contributed by atoms with van der Waals surface area (Å²) in [5, 5.41) is 5.25. The normalized spacial score (nSPS) is 18.5. The fourth-order valence-corrected chi connectivity index (χ4v) is 3.32. The quantitative estimate of drug-likeness (QED) is 0.700. The minimum Gasteiger partial charge on any atom is -0.497 e. The minimum atomic E-state index is -1.24. The van der Waals surface area contributed by atoms with Gasteiger partial charge in [0.25, 0.3) is 5.91 Å². The Morgan fingerprint density at radius 3 is 2.48 bits per heavy atom. The number of nitrogens with one attached hydrogen (secondary N) is 2. The molecule has 2 aromatic carbocycles. The zero-order valence-electron chi connectivity index (χ0n) is 16.2. The Hall–Kier alpha value is -3.42. The van der Waals surface area contributed by atoms with Gasteiger partial charge in [-0.2, -0.15) is 0 Å². The molecule has 1 aliphatic heterocycles. The van der Waals surface area contributed by atoms with Crippen molar-refractivity contribution in [3.8, 4) is 5.75 Å². The maximum absolute atomic E-state index is 13.7. The van der Waals surface area contributed by atoms with Crippen LogP contribution in [0.1, 0.15) is 24.5 Å². The Morgan fingerprint density at radius 2 is 1.86 bits per heavy atom. The lowest BCUT2D eigenvalue weighted by atomic mass is 9.87. The first-order valence-electron chi connectivity index (χ1n) is 9.20. The zero-order chi connectivity index (χ0) is 21.0. The number of hydrogen-bond donors (Lipinski definition) is 2. The van der Waals surface area contributed by atoms with Gasteiger partial charge in [0, 0.05) is 12.1 Å². The van der Waals surface area contributed by atoms with Crippen LogP contribution in [0.4, 0.5) is 9.18 Å². The smallest absolute Gasteiger partial charge is 0.325 e. The van der Waals surface area contributed by atoms with Crippen molar-refractivity contribution in [3.63, 3.8) is 0 Å². The first-order valence-corrected chi connectivity index (χ1v) is 9.20. The van der Waals surface area contributed by atoms with Crippen LogP contribution in [0.25, 0.3) is 0 Å². The van der Waals surface area contributed by atoms with Crippen molar-refractivity contribution in [2.45, 2.75) is 25.4 Å². The van der Waals surface area contributed by atoms with Crippen molar-refractivity contribution >= 4 is 17.8 Å². The van der Waals surface area contributed by atoms with E-state index in [2.05, 4.69) is 10.6 Å². The Kier molecular flexibility index (Phi) is 5.81. The third-order valence-corrected chi connectivity index (χ3v) is 5.02. The second-order valence-corrected chi connectivity index (χ2v) is 6.68. The molecular weight excluding hydrogens is 377 g/mol. The largest absolute Gasteiger partial charge is 0.497 e. The Bertz CT molecular complexity index is 932. The van der Waals surface area contributed by atoms with Gasteiger partial charge >= 0.3 is 6.03 Å². The standard InChI is InChI=1S/C21H22FN3O4/c1-3-21(15-8-10-16(29-2)11-9-15)19(27)25(20(28)24-21)13-18(26)23-12-14-6-4-5-7-17(14)22/h4-11H,3,12-13H2,1-2H3,(H,23,26)(H,24,28)/t21-/m0/s1. The molecule has 0 radical (unpaired) electrons. The van der Waals surface area contributed by atoms with Crippen LogP contribution in [0.5, 0.6) is 5.75 Å². The molecule has 0 spiro atoms. The summed E-state index contributed by atoms with van der Waals surface area (Å²) < 4.78 is 18.8. The highest BCUT2D eigenvalue weighted by molar-refractivity contribution is 6.09. The van der Waals surface area contributed by atoms with E-state index >= 15 is 0 Å². The maximum atomic E-state index is 13.7. The van der Waals surface area contributed by atoms with Gasteiger partial charge in [-0.1, -0.05) is 37.3 Å². The highest BCUT2D eigenvalue weighted by Crippen LogP contribution is 2.33. The summed E-state index contributed by atoms with van der Waals surface area (Å²) in [7, 11) is 1.54. The van der Waals surface area contributed by atoms with Crippen LogP contribution in [0.3, 0.4) is 0 Å². The molecule has 0 aromatic heterocycles. The Morgan fingerprint density at radius 1 is 1.17 bits per heavy atom. The predicted molar refractivity (Wildman–Crippen MR) is 103 cm³/mol. The molecule has 1 atom stereocenters. The first-order chi connectivity index (χ1) is 13.9. The molecule has 1 fully saturated rings. The summed E-state index contributed by atoms with van der Waals surface area (Å²) in [5.41, 5.74) is -0.317. The van der Waals surface area contributed by atoms with Crippen LogP contribution in [-0.4, -0.2) is 36.4 Å². The Balaban J connectivity index is 1.71. The van der Waals surface area contributed by atoms with E-state index in [9.17, 15) is 18.8 Å². The number of hydrogen-bond acceptors (Lipinski definition) is 4. The van der Waals surface area contributed by atoms with Gasteiger partial charge in [-0.05, 0) is 30.2 Å². The number of halogens is 1. The molecule has 152 valence electrons. The number of benzene rings is 2. The second-order valence-electron chi connectivity index (χ2n) is 6.68. The van der Waals surface area contributed by atoms with Gasteiger partial charge < -0.3 is 15.4 Å². The SMILES string of the molecule is CC[C@@]1(c2ccc(OC)cc2)NC(=O)N(CC(=O)NCc2ccccc2F)C1=O. The van der Waals surface area contributed by atoms with Crippen molar-refractivity contribution in [2.75, 3.05) is 13.7 Å². The van der Waals surface area contributed by atoms with Gasteiger partial charge in [0.05, 0.1) is 7.11 Å². The Labute approximate surface area is 167 Å². The second kappa shape index (κ2) is 8.30. The highest BCUT2D eigenvalue weighted by atomic mass is 19.1. The van der Waals surface area contributed by atoms with E-state index in [4.69, 9.17) is 4.74 Å². The number of urea groups is 1. The third-order valence-electron chi connectivity index (χ3n) is 5.02. The molecule has 2 aromatic rings. The molecule has 8 heteroatoms. The zero-order valence-corrected chi connectivity index (χ0v) is 16.2. The van der Waals surface area contributed by atoms with Gasteiger partial charge in [0.2, 0.25) is 5.91 Å². The number of carbonyl (C=O) groups is 3. The van der Waals surface area contributed by atoms with E-state index in [1.54, 1.807) is 49.4 Å². The van der Waals surface area contributed by atoms with Crippen molar-refractivity contribution < 1.29 is 23.5 Å². The van der Waals surface area contributed by atoms with Gasteiger partial charge in [0.1, 0.15) is 23.7 Å². The summed E-state index contributed by atoms with van der Waals surface area (Å²) in [6.07, 6.45) is 0.317. The molecule has 0 unspecified atom stereocenters. The number of methoxy groups -OCH3 is 1. The lowest BCUT2D eigenvalue weighted by molar-refractivity contribution is -0.135. The summed E-state index contributed by atoms with van der Waals surface area (Å²) in [5.74, 6) is -0.872. The average molecular weight is 399 g/mol. The molecule has 1 saturated heterocycles. The molecule has 1 heterocycles. The van der Waals surface area contributed by atoms with E-state index in [-0.39, 0.29) is 6.54 Å². The number of imide groups is 1. The number of rotatable bonds is 7. The van der Waals surface area contributed by atoms with E-state index in [0.29, 0.717) is 23.3 Å². The van der Waals surface area contributed by atoms with Crippen LogP contribution in [0.2, 0.25) is 0 Å². The van der Waals surface area contributed by atoms with Gasteiger partial charge in [-0.25, -0.2) is 9.18 Å². The van der Waals surface area contributed by atoms with Crippen LogP contribution in [0.15, 0.2) is 48.5 Å². The van der Waals surface area contributed by atoms with E-state index < -0.39 is 35.7 Å². The fraction of sp³-hybridized carbons (Fsp3) is 0.286. The summed E-state index contributed by atoms with van der Waals surface area (Å²) in [6, 6.07) is 12.2. The number of nitrogens with zero attached hydrogens (tertiary/aromatic N) is 1. The monoisotopic (exact) mass is 399 g/mol. The van der Waals surface area contributed by atoms with Crippen molar-refractivity contribution in [2.24, 2.45) is 0 Å². The fourth-order valence-electron chi connectivity index (χ4n) is 3.32. The number of amides is 4. The lowest BCUT2D eigenvalue weighted by Gasteiger charge is -2.26. The van der Waals surface area contributed by atoms with Crippen molar-refractivity contribution in [1.82, 2.24) is 15.5 Å². The van der Waals surface area contributed by atoms with E-state index in [0.717, 1.165) is 4.90 Å². The molecule has 29 heavy (non-hydrogen) atoms. The lowest BCUT2D eigenvalue weighted by Crippen LogP contribution is -2.44. The predicted octanol–water partition coefficient (Wildman–Crippen LogP) is 2.31.